The fraction of sp³-hybridized carbons (Fsp3) is 0.588. The topological polar surface area (TPSA) is 54.9 Å². The Hall–Kier alpha value is -1.75. The number of nitrogens with zero attached hydrogens (tertiary/aromatic N) is 1. The van der Waals surface area contributed by atoms with E-state index in [9.17, 15) is 0 Å². The van der Waals surface area contributed by atoms with E-state index >= 15 is 0 Å². The lowest BCUT2D eigenvalue weighted by Crippen LogP contribution is -2.38. The molecule has 0 fully saturated rings. The van der Waals surface area contributed by atoms with Gasteiger partial charge in [-0.1, -0.05) is 32.0 Å². The van der Waals surface area contributed by atoms with Crippen molar-refractivity contribution in [1.82, 2.24) is 10.6 Å². The summed E-state index contributed by atoms with van der Waals surface area (Å²) in [5.41, 5.74) is 1.10. The van der Waals surface area contributed by atoms with Crippen LogP contribution < -0.4 is 15.4 Å². The number of guanidine groups is 1. The number of hydrogen-bond donors (Lipinski definition) is 2. The van der Waals surface area contributed by atoms with Crippen LogP contribution in [0.25, 0.3) is 0 Å². The molecule has 0 bridgehead atoms. The van der Waals surface area contributed by atoms with E-state index in [0.29, 0.717) is 19.1 Å². The van der Waals surface area contributed by atoms with E-state index in [1.54, 1.807) is 14.2 Å². The molecule has 0 aliphatic rings. The van der Waals surface area contributed by atoms with E-state index in [4.69, 9.17) is 9.47 Å². The summed E-state index contributed by atoms with van der Waals surface area (Å²) in [6.45, 7) is 7.30. The number of hydrogen-bond acceptors (Lipinski definition) is 3. The maximum Gasteiger partial charge on any atom is 0.191 e. The Morgan fingerprint density at radius 3 is 2.64 bits per heavy atom. The molecule has 0 unspecified atom stereocenters. The van der Waals surface area contributed by atoms with E-state index in [1.165, 1.54) is 0 Å². The normalized spacial score (nSPS) is 11.6. The van der Waals surface area contributed by atoms with Gasteiger partial charge in [0.25, 0.3) is 0 Å². The number of ether oxygens (including phenoxy) is 2. The lowest BCUT2D eigenvalue weighted by molar-refractivity contribution is 0.128. The van der Waals surface area contributed by atoms with Crippen molar-refractivity contribution in [2.75, 3.05) is 33.9 Å². The van der Waals surface area contributed by atoms with Gasteiger partial charge in [0.15, 0.2) is 5.96 Å². The number of rotatable bonds is 9. The molecule has 1 aromatic carbocycles. The number of methoxy groups -OCH3 is 1. The van der Waals surface area contributed by atoms with E-state index in [0.717, 1.165) is 36.8 Å². The van der Waals surface area contributed by atoms with Crippen LogP contribution in [-0.4, -0.2) is 39.9 Å². The highest BCUT2D eigenvalue weighted by atomic mass is 16.5. The highest BCUT2D eigenvalue weighted by Crippen LogP contribution is 2.16. The fourth-order valence-corrected chi connectivity index (χ4v) is 1.91. The Kier molecular flexibility index (Phi) is 9.07. The van der Waals surface area contributed by atoms with Crippen LogP contribution in [0.4, 0.5) is 0 Å². The van der Waals surface area contributed by atoms with Crippen molar-refractivity contribution in [3.8, 4) is 5.75 Å². The molecule has 22 heavy (non-hydrogen) atoms. The Balaban J connectivity index is 2.25. The molecular formula is C17H29N3O2. The van der Waals surface area contributed by atoms with Crippen molar-refractivity contribution in [2.45, 2.75) is 26.8 Å². The summed E-state index contributed by atoms with van der Waals surface area (Å²) in [7, 11) is 3.44. The average molecular weight is 307 g/mol. The van der Waals surface area contributed by atoms with Gasteiger partial charge in [-0.15, -0.1) is 0 Å². The maximum atomic E-state index is 5.57. The zero-order chi connectivity index (χ0) is 16.2. The molecule has 0 aromatic heterocycles. The molecule has 1 rings (SSSR count). The summed E-state index contributed by atoms with van der Waals surface area (Å²) in [6.07, 6.45) is 1.10. The van der Waals surface area contributed by atoms with Crippen LogP contribution in [0.1, 0.15) is 25.8 Å². The van der Waals surface area contributed by atoms with Crippen LogP contribution >= 0.6 is 0 Å². The van der Waals surface area contributed by atoms with Gasteiger partial charge in [0.1, 0.15) is 5.75 Å². The molecule has 0 amide bonds. The molecule has 0 saturated heterocycles. The Morgan fingerprint density at radius 1 is 1.18 bits per heavy atom. The van der Waals surface area contributed by atoms with E-state index < -0.39 is 0 Å². The third-order valence-corrected chi connectivity index (χ3v) is 3.24. The Bertz CT molecular complexity index is 447. The van der Waals surface area contributed by atoms with Gasteiger partial charge in [-0.05, 0) is 18.4 Å². The third kappa shape index (κ3) is 7.31. The number of para-hydroxylation sites is 1. The molecule has 0 atom stereocenters. The first-order chi connectivity index (χ1) is 10.7. The molecule has 0 saturated carbocycles. The van der Waals surface area contributed by atoms with E-state index in [2.05, 4.69) is 29.5 Å². The van der Waals surface area contributed by atoms with Crippen molar-refractivity contribution in [1.29, 1.82) is 0 Å². The number of nitrogens with one attached hydrogen (secondary N) is 2. The summed E-state index contributed by atoms with van der Waals surface area (Å²) < 4.78 is 10.9. The molecule has 124 valence electrons. The second kappa shape index (κ2) is 10.9. The summed E-state index contributed by atoms with van der Waals surface area (Å²) in [5, 5.41) is 6.51. The SMILES string of the molecule is CN=C(NCCOCCC(C)C)NCc1ccccc1OC. The molecule has 0 heterocycles. The Morgan fingerprint density at radius 2 is 1.95 bits per heavy atom. The third-order valence-electron chi connectivity index (χ3n) is 3.24. The molecule has 0 aliphatic heterocycles. The lowest BCUT2D eigenvalue weighted by Gasteiger charge is -2.14. The molecule has 1 aromatic rings. The molecule has 0 spiro atoms. The first-order valence-electron chi connectivity index (χ1n) is 7.81. The minimum Gasteiger partial charge on any atom is -0.496 e. The van der Waals surface area contributed by atoms with E-state index in [1.807, 2.05) is 24.3 Å². The van der Waals surface area contributed by atoms with Crippen molar-refractivity contribution in [3.63, 3.8) is 0 Å². The highest BCUT2D eigenvalue weighted by molar-refractivity contribution is 5.79. The fourth-order valence-electron chi connectivity index (χ4n) is 1.91. The van der Waals surface area contributed by atoms with Gasteiger partial charge in [0.2, 0.25) is 0 Å². The van der Waals surface area contributed by atoms with Gasteiger partial charge >= 0.3 is 0 Å². The van der Waals surface area contributed by atoms with Crippen LogP contribution in [0.2, 0.25) is 0 Å². The first kappa shape index (κ1) is 18.3. The summed E-state index contributed by atoms with van der Waals surface area (Å²) >= 11 is 0. The molecule has 2 N–H and O–H groups in total. The highest BCUT2D eigenvalue weighted by Gasteiger charge is 2.03. The van der Waals surface area contributed by atoms with Gasteiger partial charge in [0, 0.05) is 32.3 Å². The lowest BCUT2D eigenvalue weighted by atomic mass is 10.1. The second-order valence-electron chi connectivity index (χ2n) is 5.46. The molecular weight excluding hydrogens is 278 g/mol. The number of aliphatic imine (C=N–C) groups is 1. The Labute approximate surface area is 134 Å². The van der Waals surface area contributed by atoms with Gasteiger partial charge in [-0.2, -0.15) is 0 Å². The standard InChI is InChI=1S/C17H29N3O2/c1-14(2)9-11-22-12-10-19-17(18-3)20-13-15-7-5-6-8-16(15)21-4/h5-8,14H,9-13H2,1-4H3,(H2,18,19,20). The minimum atomic E-state index is 0.665. The zero-order valence-electron chi connectivity index (χ0n) is 14.2. The number of benzene rings is 1. The van der Waals surface area contributed by atoms with Crippen LogP contribution in [0, 0.1) is 5.92 Å². The quantitative estimate of drug-likeness (QED) is 0.418. The molecule has 5 nitrogen and oxygen atoms in total. The van der Waals surface area contributed by atoms with Gasteiger partial charge < -0.3 is 20.1 Å². The minimum absolute atomic E-state index is 0.665. The summed E-state index contributed by atoms with van der Waals surface area (Å²) in [4.78, 5) is 4.20. The molecule has 0 radical (unpaired) electrons. The predicted molar refractivity (Wildman–Crippen MR) is 91.5 cm³/mol. The smallest absolute Gasteiger partial charge is 0.191 e. The molecule has 0 aliphatic carbocycles. The van der Waals surface area contributed by atoms with Crippen molar-refractivity contribution in [2.24, 2.45) is 10.9 Å². The van der Waals surface area contributed by atoms with Crippen LogP contribution in [0.5, 0.6) is 5.75 Å². The second-order valence-corrected chi connectivity index (χ2v) is 5.46. The van der Waals surface area contributed by atoms with Crippen molar-refractivity contribution < 1.29 is 9.47 Å². The zero-order valence-corrected chi connectivity index (χ0v) is 14.2. The van der Waals surface area contributed by atoms with Gasteiger partial charge in [-0.3, -0.25) is 4.99 Å². The monoisotopic (exact) mass is 307 g/mol. The van der Waals surface area contributed by atoms with Gasteiger partial charge in [0.05, 0.1) is 13.7 Å². The maximum absolute atomic E-state index is 5.57. The van der Waals surface area contributed by atoms with Crippen molar-refractivity contribution in [3.05, 3.63) is 29.8 Å². The van der Waals surface area contributed by atoms with Crippen LogP contribution in [0.15, 0.2) is 29.3 Å². The summed E-state index contributed by atoms with van der Waals surface area (Å²) in [5.74, 6) is 2.32. The van der Waals surface area contributed by atoms with Crippen LogP contribution in [0.3, 0.4) is 0 Å². The average Bonchev–Trinajstić information content (AvgIpc) is 2.53. The van der Waals surface area contributed by atoms with E-state index in [-0.39, 0.29) is 0 Å². The first-order valence-corrected chi connectivity index (χ1v) is 7.81. The predicted octanol–water partition coefficient (Wildman–Crippen LogP) is 2.42. The van der Waals surface area contributed by atoms with Gasteiger partial charge in [-0.25, -0.2) is 0 Å². The van der Waals surface area contributed by atoms with Crippen molar-refractivity contribution >= 4 is 5.96 Å². The summed E-state index contributed by atoms with van der Waals surface area (Å²) in [6, 6.07) is 7.95. The van der Waals surface area contributed by atoms with Crippen LogP contribution in [-0.2, 0) is 11.3 Å². The molecule has 5 heteroatoms. The largest absolute Gasteiger partial charge is 0.496 e.